The van der Waals surface area contributed by atoms with Crippen molar-refractivity contribution in [2.24, 2.45) is 0 Å². The Kier molecular flexibility index (Phi) is 3.28. The fourth-order valence-electron chi connectivity index (χ4n) is 1.59. The van der Waals surface area contributed by atoms with Crippen LogP contribution >= 0.6 is 11.3 Å². The summed E-state index contributed by atoms with van der Waals surface area (Å²) in [5.74, 6) is 0.189. The topological polar surface area (TPSA) is 34.1 Å². The molecular weight excluding hydrogens is 239 g/mol. The van der Waals surface area contributed by atoms with Crippen molar-refractivity contribution in [3.8, 4) is 16.3 Å². The van der Waals surface area contributed by atoms with Crippen molar-refractivity contribution in [3.05, 3.63) is 29.7 Å². The van der Waals surface area contributed by atoms with E-state index in [4.69, 9.17) is 4.74 Å². The number of anilines is 1. The third-order valence-corrected chi connectivity index (χ3v) is 3.63. The summed E-state index contributed by atoms with van der Waals surface area (Å²) in [6, 6.07) is 4.46. The minimum absolute atomic E-state index is 0.312. The number of thiazole rings is 1. The van der Waals surface area contributed by atoms with Crippen molar-refractivity contribution >= 4 is 16.3 Å². The van der Waals surface area contributed by atoms with E-state index in [1.165, 1.54) is 30.6 Å². The Morgan fingerprint density at radius 2 is 2.18 bits per heavy atom. The van der Waals surface area contributed by atoms with Crippen molar-refractivity contribution < 1.29 is 9.13 Å². The Hall–Kier alpha value is -1.62. The Morgan fingerprint density at radius 3 is 2.76 bits per heavy atom. The zero-order valence-corrected chi connectivity index (χ0v) is 10.7. The number of ether oxygens (including phenoxy) is 1. The van der Waals surface area contributed by atoms with E-state index in [0.717, 1.165) is 21.3 Å². The molecule has 0 bridgehead atoms. The first kappa shape index (κ1) is 11.9. The number of aryl methyl sites for hydroxylation is 1. The van der Waals surface area contributed by atoms with Gasteiger partial charge in [-0.1, -0.05) is 11.3 Å². The Balaban J connectivity index is 2.51. The molecule has 3 nitrogen and oxygen atoms in total. The molecule has 17 heavy (non-hydrogen) atoms. The van der Waals surface area contributed by atoms with Gasteiger partial charge in [0.2, 0.25) is 0 Å². The SMILES string of the molecule is CNc1sc(-c2ccc(F)cc2OC)nc1C. The van der Waals surface area contributed by atoms with E-state index >= 15 is 0 Å². The minimum atomic E-state index is -0.312. The molecule has 0 spiro atoms. The largest absolute Gasteiger partial charge is 0.496 e. The highest BCUT2D eigenvalue weighted by Gasteiger charge is 2.13. The predicted octanol–water partition coefficient (Wildman–Crippen LogP) is 3.31. The number of rotatable bonds is 3. The molecule has 1 aromatic carbocycles. The van der Waals surface area contributed by atoms with Gasteiger partial charge in [0.25, 0.3) is 0 Å². The Labute approximate surface area is 103 Å². The number of methoxy groups -OCH3 is 1. The summed E-state index contributed by atoms with van der Waals surface area (Å²) in [6.07, 6.45) is 0. The lowest BCUT2D eigenvalue weighted by Crippen LogP contribution is -1.89. The molecule has 90 valence electrons. The van der Waals surface area contributed by atoms with Gasteiger partial charge >= 0.3 is 0 Å². The summed E-state index contributed by atoms with van der Waals surface area (Å²) in [6.45, 7) is 1.93. The average Bonchev–Trinajstić information content (AvgIpc) is 2.70. The molecule has 0 unspecified atom stereocenters. The van der Waals surface area contributed by atoms with E-state index in [1.54, 1.807) is 6.07 Å². The van der Waals surface area contributed by atoms with Crippen LogP contribution in [0.3, 0.4) is 0 Å². The number of nitrogens with zero attached hydrogens (tertiary/aromatic N) is 1. The molecule has 0 saturated heterocycles. The molecule has 1 heterocycles. The molecule has 0 saturated carbocycles. The normalized spacial score (nSPS) is 10.4. The molecule has 0 atom stereocenters. The van der Waals surface area contributed by atoms with E-state index in [-0.39, 0.29) is 5.82 Å². The molecule has 1 N–H and O–H groups in total. The highest BCUT2D eigenvalue weighted by Crippen LogP contribution is 2.36. The van der Waals surface area contributed by atoms with Crippen LogP contribution in [0.15, 0.2) is 18.2 Å². The fourth-order valence-corrected chi connectivity index (χ4v) is 2.54. The smallest absolute Gasteiger partial charge is 0.132 e. The van der Waals surface area contributed by atoms with Gasteiger partial charge in [-0.15, -0.1) is 0 Å². The zero-order chi connectivity index (χ0) is 12.4. The van der Waals surface area contributed by atoms with Gasteiger partial charge in [0, 0.05) is 13.1 Å². The van der Waals surface area contributed by atoms with Gasteiger partial charge in [-0.25, -0.2) is 9.37 Å². The second kappa shape index (κ2) is 4.71. The van der Waals surface area contributed by atoms with Crippen LogP contribution in [0.2, 0.25) is 0 Å². The third kappa shape index (κ3) is 2.24. The number of benzene rings is 1. The minimum Gasteiger partial charge on any atom is -0.496 e. The van der Waals surface area contributed by atoms with E-state index in [9.17, 15) is 4.39 Å². The quantitative estimate of drug-likeness (QED) is 0.910. The molecule has 0 fully saturated rings. The standard InChI is InChI=1S/C12H13FN2OS/c1-7-11(14-2)17-12(15-7)9-5-4-8(13)6-10(9)16-3/h4-6,14H,1-3H3. The first-order chi connectivity index (χ1) is 8.15. The van der Waals surface area contributed by atoms with Gasteiger partial charge in [-0.05, 0) is 19.1 Å². The van der Waals surface area contributed by atoms with Crippen LogP contribution in [-0.4, -0.2) is 19.1 Å². The zero-order valence-electron chi connectivity index (χ0n) is 9.87. The monoisotopic (exact) mass is 252 g/mol. The molecule has 1 aromatic heterocycles. The Morgan fingerprint density at radius 1 is 1.41 bits per heavy atom. The summed E-state index contributed by atoms with van der Waals surface area (Å²) in [4.78, 5) is 4.44. The van der Waals surface area contributed by atoms with E-state index in [0.29, 0.717) is 5.75 Å². The molecule has 0 aliphatic heterocycles. The highest BCUT2D eigenvalue weighted by atomic mass is 32.1. The fraction of sp³-hybridized carbons (Fsp3) is 0.250. The van der Waals surface area contributed by atoms with E-state index in [1.807, 2.05) is 14.0 Å². The van der Waals surface area contributed by atoms with Crippen LogP contribution in [0.1, 0.15) is 5.69 Å². The van der Waals surface area contributed by atoms with Crippen molar-refractivity contribution in [3.63, 3.8) is 0 Å². The Bertz CT molecular complexity index is 539. The summed E-state index contributed by atoms with van der Waals surface area (Å²) >= 11 is 1.52. The lowest BCUT2D eigenvalue weighted by molar-refractivity contribution is 0.413. The average molecular weight is 252 g/mol. The number of aromatic nitrogens is 1. The predicted molar refractivity (Wildman–Crippen MR) is 68.3 cm³/mol. The maximum atomic E-state index is 13.1. The van der Waals surface area contributed by atoms with Gasteiger partial charge in [-0.2, -0.15) is 0 Å². The van der Waals surface area contributed by atoms with Crippen LogP contribution in [0, 0.1) is 12.7 Å². The lowest BCUT2D eigenvalue weighted by Gasteiger charge is -2.05. The second-order valence-electron chi connectivity index (χ2n) is 3.53. The van der Waals surface area contributed by atoms with Crippen molar-refractivity contribution in [2.75, 3.05) is 19.5 Å². The number of nitrogens with one attached hydrogen (secondary N) is 1. The van der Waals surface area contributed by atoms with Crippen LogP contribution in [-0.2, 0) is 0 Å². The van der Waals surface area contributed by atoms with E-state index < -0.39 is 0 Å². The lowest BCUT2D eigenvalue weighted by atomic mass is 10.2. The summed E-state index contributed by atoms with van der Waals surface area (Å²) in [7, 11) is 3.38. The van der Waals surface area contributed by atoms with Crippen LogP contribution < -0.4 is 10.1 Å². The second-order valence-corrected chi connectivity index (χ2v) is 4.53. The molecule has 0 aliphatic rings. The first-order valence-corrected chi connectivity index (χ1v) is 5.96. The van der Waals surface area contributed by atoms with Crippen molar-refractivity contribution in [2.45, 2.75) is 6.92 Å². The molecule has 0 amide bonds. The van der Waals surface area contributed by atoms with Gasteiger partial charge in [0.15, 0.2) is 0 Å². The summed E-state index contributed by atoms with van der Waals surface area (Å²) in [5, 5.41) is 4.90. The maximum Gasteiger partial charge on any atom is 0.132 e. The van der Waals surface area contributed by atoms with Gasteiger partial charge in [0.05, 0.1) is 18.4 Å². The van der Waals surface area contributed by atoms with Crippen molar-refractivity contribution in [1.82, 2.24) is 4.98 Å². The van der Waals surface area contributed by atoms with Crippen LogP contribution in [0.25, 0.3) is 10.6 Å². The van der Waals surface area contributed by atoms with Gasteiger partial charge in [0.1, 0.15) is 21.6 Å². The number of halogens is 1. The molecule has 0 aliphatic carbocycles. The van der Waals surface area contributed by atoms with E-state index in [2.05, 4.69) is 10.3 Å². The van der Waals surface area contributed by atoms with Crippen molar-refractivity contribution in [1.29, 1.82) is 0 Å². The maximum absolute atomic E-state index is 13.1. The highest BCUT2D eigenvalue weighted by molar-refractivity contribution is 7.19. The molecule has 5 heteroatoms. The van der Waals surface area contributed by atoms with Gasteiger partial charge in [-0.3, -0.25) is 0 Å². The molecular formula is C12H13FN2OS. The van der Waals surface area contributed by atoms with Crippen LogP contribution in [0.4, 0.5) is 9.39 Å². The molecule has 2 rings (SSSR count). The summed E-state index contributed by atoms with van der Waals surface area (Å²) < 4.78 is 18.3. The molecule has 2 aromatic rings. The third-order valence-electron chi connectivity index (χ3n) is 2.42. The summed E-state index contributed by atoms with van der Waals surface area (Å²) in [5.41, 5.74) is 1.74. The first-order valence-electron chi connectivity index (χ1n) is 5.14. The van der Waals surface area contributed by atoms with Gasteiger partial charge < -0.3 is 10.1 Å². The van der Waals surface area contributed by atoms with Crippen LogP contribution in [0.5, 0.6) is 5.75 Å². The molecule has 0 radical (unpaired) electrons. The number of hydrogen-bond acceptors (Lipinski definition) is 4. The number of hydrogen-bond donors (Lipinski definition) is 1.